The molecule has 1 rings (SSSR count). The van der Waals surface area contributed by atoms with Crippen LogP contribution in [0.1, 0.15) is 18.3 Å². The number of carbonyl (C=O) groups is 1. The highest BCUT2D eigenvalue weighted by Crippen LogP contribution is 2.10. The highest BCUT2D eigenvalue weighted by molar-refractivity contribution is 5.70. The van der Waals surface area contributed by atoms with E-state index >= 15 is 0 Å². The average Bonchev–Trinajstić information content (AvgIpc) is 2.01. The summed E-state index contributed by atoms with van der Waals surface area (Å²) >= 11 is 0. The second kappa shape index (κ2) is 2.82. The van der Waals surface area contributed by atoms with Crippen molar-refractivity contribution in [2.45, 2.75) is 12.8 Å². The second-order valence-electron chi connectivity index (χ2n) is 1.75. The maximum absolute atomic E-state index is 10.6. The van der Waals surface area contributed by atoms with Gasteiger partial charge in [-0.2, -0.15) is 0 Å². The predicted molar refractivity (Wildman–Crippen MR) is 33.2 cm³/mol. The first kappa shape index (κ1) is 3.01. The van der Waals surface area contributed by atoms with Gasteiger partial charge in [-0.1, -0.05) is 0 Å². The van der Waals surface area contributed by atoms with Crippen LogP contribution >= 0.6 is 0 Å². The Hall–Kier alpha value is -0.570. The molecule has 1 aliphatic rings. The van der Waals surface area contributed by atoms with Crippen molar-refractivity contribution in [2.75, 3.05) is 13.0 Å². The molecule has 9 heavy (non-hydrogen) atoms. The van der Waals surface area contributed by atoms with Crippen molar-refractivity contribution in [3.8, 4) is 0 Å². The third-order valence-electron chi connectivity index (χ3n) is 1.08. The molecule has 3 nitrogen and oxygen atoms in total. The molecule has 0 amide bonds. The Morgan fingerprint density at radius 1 is 1.67 bits per heavy atom. The largest absolute Gasteiger partial charge is 0.481 e. The number of rotatable bonds is 1. The molecule has 0 aliphatic carbocycles. The number of hydrogen-bond donors (Lipinski definition) is 2. The van der Waals surface area contributed by atoms with E-state index < -0.39 is 37.7 Å². The molecule has 1 fully saturated rings. The Labute approximate surface area is 59.7 Å². The van der Waals surface area contributed by atoms with Crippen LogP contribution in [0.5, 0.6) is 0 Å². The van der Waals surface area contributed by atoms with E-state index in [1.807, 2.05) is 0 Å². The average molecular weight is 133 g/mol. The van der Waals surface area contributed by atoms with Crippen LogP contribution in [0.25, 0.3) is 0 Å². The van der Waals surface area contributed by atoms with Gasteiger partial charge in [-0.3, -0.25) is 4.79 Å². The van der Waals surface area contributed by atoms with E-state index in [1.54, 1.807) is 0 Å². The highest BCUT2D eigenvalue weighted by atomic mass is 16.4. The highest BCUT2D eigenvalue weighted by Gasteiger charge is 2.18. The summed E-state index contributed by atoms with van der Waals surface area (Å²) in [5.41, 5.74) is 0. The fourth-order valence-corrected chi connectivity index (χ4v) is 0.603. The summed E-state index contributed by atoms with van der Waals surface area (Å²) in [7, 11) is 0. The van der Waals surface area contributed by atoms with Gasteiger partial charge in [0.15, 0.2) is 0 Å². The fraction of sp³-hybridized carbons (Fsp3) is 0.833. The summed E-state index contributed by atoms with van der Waals surface area (Å²) in [5, 5.41) is 11.0. The molecule has 0 aromatic heterocycles. The van der Waals surface area contributed by atoms with Gasteiger partial charge >= 0.3 is 5.97 Å². The van der Waals surface area contributed by atoms with E-state index in [0.29, 0.717) is 0 Å². The molecule has 4 atom stereocenters. The summed E-state index contributed by atoms with van der Waals surface area (Å²) in [6.45, 7) is -2.18. The monoisotopic (exact) mass is 133 g/mol. The van der Waals surface area contributed by atoms with Crippen LogP contribution in [0.4, 0.5) is 0 Å². The quantitative estimate of drug-likeness (QED) is 0.532. The van der Waals surface area contributed by atoms with Crippen LogP contribution in [0, 0.1) is 5.92 Å². The predicted octanol–water partition coefficient (Wildman–Crippen LogP) is 0.0706. The van der Waals surface area contributed by atoms with Gasteiger partial charge in [-0.25, -0.2) is 0 Å². The van der Waals surface area contributed by atoms with Crippen LogP contribution < -0.4 is 5.32 Å². The minimum Gasteiger partial charge on any atom is -0.481 e. The molecule has 0 aromatic carbocycles. The molecule has 1 heterocycles. The Morgan fingerprint density at radius 3 is 2.67 bits per heavy atom. The van der Waals surface area contributed by atoms with E-state index in [9.17, 15) is 4.79 Å². The van der Waals surface area contributed by atoms with E-state index in [-0.39, 0.29) is 0 Å². The van der Waals surface area contributed by atoms with Gasteiger partial charge in [0.25, 0.3) is 0 Å². The first-order valence-electron chi connectivity index (χ1n) is 4.94. The molecular weight excluding hydrogens is 118 g/mol. The van der Waals surface area contributed by atoms with E-state index in [4.69, 9.17) is 10.6 Å². The van der Waals surface area contributed by atoms with Crippen molar-refractivity contribution < 1.29 is 15.4 Å². The molecule has 1 saturated heterocycles. The zero-order chi connectivity index (χ0) is 10.2. The molecule has 2 N–H and O–H groups in total. The van der Waals surface area contributed by atoms with Crippen molar-refractivity contribution in [3.05, 3.63) is 0 Å². The molecular formula is C6H11NO2. The molecule has 0 radical (unpaired) electrons. The zero-order valence-corrected chi connectivity index (χ0v) is 4.74. The molecule has 3 heteroatoms. The van der Waals surface area contributed by atoms with Crippen LogP contribution in [-0.4, -0.2) is 24.1 Å². The van der Waals surface area contributed by atoms with E-state index in [1.165, 1.54) is 0 Å². The summed E-state index contributed by atoms with van der Waals surface area (Å²) in [6, 6.07) is 0. The minimum atomic E-state index is -1.27. The number of aliphatic carboxylic acids is 1. The molecule has 52 valence electrons. The summed E-state index contributed by atoms with van der Waals surface area (Å²) < 4.78 is 29.2. The number of carboxylic acid groups (broad SMARTS) is 1. The lowest BCUT2D eigenvalue weighted by Crippen LogP contribution is -2.31. The Balaban J connectivity index is 2.82. The van der Waals surface area contributed by atoms with Crippen LogP contribution in [0.3, 0.4) is 0 Å². The second-order valence-corrected chi connectivity index (χ2v) is 1.75. The third-order valence-corrected chi connectivity index (χ3v) is 1.08. The standard InChI is InChI=1S/C6H11NO2/c8-6(9)5-1-3-7-4-2-5/h5,7H,1-4H2,(H,8,9)/i1D,2D,3D,4D. The zero-order valence-electron chi connectivity index (χ0n) is 8.74. The maximum atomic E-state index is 10.6. The van der Waals surface area contributed by atoms with Crippen molar-refractivity contribution in [1.29, 1.82) is 0 Å². The van der Waals surface area contributed by atoms with Crippen molar-refractivity contribution in [3.63, 3.8) is 0 Å². The lowest BCUT2D eigenvalue weighted by atomic mass is 9.99. The van der Waals surface area contributed by atoms with E-state index in [0.717, 1.165) is 0 Å². The first-order valence-corrected chi connectivity index (χ1v) is 2.63. The number of nitrogens with one attached hydrogen (secondary N) is 1. The molecule has 0 saturated carbocycles. The number of carboxylic acids is 1. The summed E-state index contributed by atoms with van der Waals surface area (Å²) in [4.78, 5) is 10.6. The van der Waals surface area contributed by atoms with Gasteiger partial charge in [-0.15, -0.1) is 0 Å². The first-order chi connectivity index (χ1) is 5.95. The topological polar surface area (TPSA) is 49.3 Å². The molecule has 0 aromatic rings. The summed E-state index contributed by atoms with van der Waals surface area (Å²) in [6.07, 6.45) is -2.36. The lowest BCUT2D eigenvalue weighted by Gasteiger charge is -2.17. The maximum Gasteiger partial charge on any atom is 0.306 e. The van der Waals surface area contributed by atoms with Crippen LogP contribution in [0.2, 0.25) is 0 Å². The molecule has 0 spiro atoms. The summed E-state index contributed by atoms with van der Waals surface area (Å²) in [5.74, 6) is -2.51. The van der Waals surface area contributed by atoms with Crippen molar-refractivity contribution in [2.24, 2.45) is 5.92 Å². The number of piperidine rings is 1. The van der Waals surface area contributed by atoms with Crippen molar-refractivity contribution >= 4 is 5.97 Å². The molecule has 0 bridgehead atoms. The Kier molecular flexibility index (Phi) is 0.945. The van der Waals surface area contributed by atoms with Crippen LogP contribution in [0.15, 0.2) is 0 Å². The third kappa shape index (κ3) is 1.68. The van der Waals surface area contributed by atoms with E-state index in [2.05, 4.69) is 5.32 Å². The van der Waals surface area contributed by atoms with Gasteiger partial charge in [0, 0.05) is 5.48 Å². The van der Waals surface area contributed by atoms with Crippen LogP contribution in [-0.2, 0) is 4.79 Å². The molecule has 1 aliphatic heterocycles. The SMILES string of the molecule is [2H]C1NC([2H])C([2H])C(C(=O)O)C1[2H]. The van der Waals surface area contributed by atoms with Gasteiger partial charge in [0.05, 0.1) is 5.92 Å². The number of hydrogen-bond acceptors (Lipinski definition) is 2. The van der Waals surface area contributed by atoms with Gasteiger partial charge < -0.3 is 10.4 Å². The normalized spacial score (nSPS) is 66.9. The van der Waals surface area contributed by atoms with Gasteiger partial charge in [-0.05, 0) is 25.8 Å². The minimum absolute atomic E-state index is 1.09. The Morgan fingerprint density at radius 2 is 2.22 bits per heavy atom. The van der Waals surface area contributed by atoms with Gasteiger partial charge in [0.2, 0.25) is 0 Å². The van der Waals surface area contributed by atoms with Crippen molar-refractivity contribution in [1.82, 2.24) is 5.32 Å². The van der Waals surface area contributed by atoms with Gasteiger partial charge in [0.1, 0.15) is 0 Å². The molecule has 4 unspecified atom stereocenters. The fourth-order valence-electron chi connectivity index (χ4n) is 0.603. The Bertz CT molecular complexity index is 201. The smallest absolute Gasteiger partial charge is 0.306 e. The lowest BCUT2D eigenvalue weighted by molar-refractivity contribution is -0.142.